The zero-order chi connectivity index (χ0) is 17.7. The van der Waals surface area contributed by atoms with Crippen LogP contribution in [-0.4, -0.2) is 33.1 Å². The van der Waals surface area contributed by atoms with E-state index < -0.39 is 0 Å². The molecule has 1 fully saturated rings. The first-order chi connectivity index (χ1) is 12.7. The van der Waals surface area contributed by atoms with Crippen LogP contribution in [0, 0.1) is 0 Å². The van der Waals surface area contributed by atoms with Crippen LogP contribution in [0.3, 0.4) is 0 Å². The molecule has 5 nitrogen and oxygen atoms in total. The van der Waals surface area contributed by atoms with Gasteiger partial charge in [0.25, 0.3) is 0 Å². The van der Waals surface area contributed by atoms with Gasteiger partial charge in [-0.25, -0.2) is 9.78 Å². The topological polar surface area (TPSA) is 47.4 Å². The fraction of sp³-hybridized carbons (Fsp3) is 0.300. The molecule has 0 aliphatic carbocycles. The molecule has 1 amide bonds. The molecule has 0 N–H and O–H groups in total. The minimum atomic E-state index is -0.237. The van der Waals surface area contributed by atoms with Gasteiger partial charge in [-0.2, -0.15) is 0 Å². The lowest BCUT2D eigenvalue weighted by Gasteiger charge is -2.24. The molecule has 2 atom stereocenters. The van der Waals surface area contributed by atoms with E-state index in [4.69, 9.17) is 21.3 Å². The standard InChI is InChI=1S/C20H18ClN3O2/c21-14-6-7-18-17(8-14)22-19-10-15-9-16(24(18)19)11-23(15)20(25)26-12-13-4-2-1-3-5-13/h1-8,15-16H,9-12H2. The van der Waals surface area contributed by atoms with Crippen molar-refractivity contribution in [1.29, 1.82) is 0 Å². The number of hydrogen-bond donors (Lipinski definition) is 0. The maximum absolute atomic E-state index is 12.6. The quantitative estimate of drug-likeness (QED) is 0.682. The molecular formula is C20H18ClN3O2. The highest BCUT2D eigenvalue weighted by molar-refractivity contribution is 6.31. The summed E-state index contributed by atoms with van der Waals surface area (Å²) in [5, 5.41) is 0.698. The molecule has 0 spiro atoms. The van der Waals surface area contributed by atoms with E-state index in [1.54, 1.807) is 0 Å². The molecule has 26 heavy (non-hydrogen) atoms. The van der Waals surface area contributed by atoms with Gasteiger partial charge in [-0.15, -0.1) is 0 Å². The van der Waals surface area contributed by atoms with Crippen molar-refractivity contribution in [3.8, 4) is 0 Å². The van der Waals surface area contributed by atoms with Gasteiger partial charge in [-0.05, 0) is 30.2 Å². The summed E-state index contributed by atoms with van der Waals surface area (Å²) in [7, 11) is 0. The van der Waals surface area contributed by atoms with Gasteiger partial charge in [0.05, 0.1) is 17.1 Å². The maximum atomic E-state index is 12.6. The van der Waals surface area contributed by atoms with Crippen molar-refractivity contribution in [1.82, 2.24) is 14.5 Å². The van der Waals surface area contributed by atoms with Crippen LogP contribution in [0.4, 0.5) is 4.79 Å². The van der Waals surface area contributed by atoms with Crippen molar-refractivity contribution in [3.63, 3.8) is 0 Å². The fourth-order valence-corrected chi connectivity index (χ4v) is 4.35. The van der Waals surface area contributed by atoms with Gasteiger partial charge in [0, 0.05) is 24.0 Å². The number of fused-ring (bicyclic) bond motifs is 6. The normalized spacial score (nSPS) is 21.0. The Labute approximate surface area is 156 Å². The molecule has 6 heteroatoms. The van der Waals surface area contributed by atoms with Crippen molar-refractivity contribution < 1.29 is 9.53 Å². The van der Waals surface area contributed by atoms with Crippen LogP contribution in [0.25, 0.3) is 11.0 Å². The molecule has 1 saturated heterocycles. The Kier molecular flexibility index (Phi) is 3.64. The van der Waals surface area contributed by atoms with Gasteiger partial charge in [0.2, 0.25) is 0 Å². The number of nitrogens with zero attached hydrogens (tertiary/aromatic N) is 3. The summed E-state index contributed by atoms with van der Waals surface area (Å²) in [6.07, 6.45) is 1.46. The molecule has 5 rings (SSSR count). The van der Waals surface area contributed by atoms with Crippen molar-refractivity contribution in [2.45, 2.75) is 31.5 Å². The average Bonchev–Trinajstić information content (AvgIpc) is 3.18. The molecule has 2 unspecified atom stereocenters. The number of carbonyl (C=O) groups is 1. The van der Waals surface area contributed by atoms with Gasteiger partial charge in [0.1, 0.15) is 12.4 Å². The minimum Gasteiger partial charge on any atom is -0.445 e. The van der Waals surface area contributed by atoms with Crippen LogP contribution < -0.4 is 0 Å². The van der Waals surface area contributed by atoms with E-state index in [9.17, 15) is 4.79 Å². The number of amides is 1. The summed E-state index contributed by atoms with van der Waals surface area (Å²) in [5.41, 5.74) is 3.02. The number of likely N-dealkylation sites (tertiary alicyclic amines) is 1. The molecule has 2 aromatic carbocycles. The predicted octanol–water partition coefficient (Wildman–Crippen LogP) is 4.20. The van der Waals surface area contributed by atoms with E-state index in [2.05, 4.69) is 4.57 Å². The molecule has 1 aromatic heterocycles. The highest BCUT2D eigenvalue weighted by atomic mass is 35.5. The highest BCUT2D eigenvalue weighted by Gasteiger charge is 2.42. The number of carbonyl (C=O) groups excluding carboxylic acids is 1. The van der Waals surface area contributed by atoms with Crippen LogP contribution in [0.1, 0.15) is 23.9 Å². The third kappa shape index (κ3) is 2.54. The molecule has 3 aromatic rings. The molecule has 132 valence electrons. The number of aromatic nitrogens is 2. The van der Waals surface area contributed by atoms with Crippen LogP contribution in [-0.2, 0) is 17.8 Å². The third-order valence-electron chi connectivity index (χ3n) is 5.34. The second-order valence-corrected chi connectivity index (χ2v) is 7.41. The first-order valence-electron chi connectivity index (χ1n) is 8.83. The number of imidazole rings is 1. The Bertz CT molecular complexity index is 985. The zero-order valence-electron chi connectivity index (χ0n) is 14.1. The van der Waals surface area contributed by atoms with E-state index in [0.29, 0.717) is 18.2 Å². The van der Waals surface area contributed by atoms with Crippen LogP contribution in [0.2, 0.25) is 5.02 Å². The first kappa shape index (κ1) is 15.7. The SMILES string of the molecule is O=C(OCc1ccccc1)N1CC2CC1Cc1nc3cc(Cl)ccc3n12. The lowest BCUT2D eigenvalue weighted by Crippen LogP contribution is -2.37. The van der Waals surface area contributed by atoms with Crippen LogP contribution in [0.5, 0.6) is 0 Å². The maximum Gasteiger partial charge on any atom is 0.410 e. The summed E-state index contributed by atoms with van der Waals surface area (Å²) in [4.78, 5) is 19.2. The fourth-order valence-electron chi connectivity index (χ4n) is 4.18. The van der Waals surface area contributed by atoms with Crippen LogP contribution in [0.15, 0.2) is 48.5 Å². The minimum absolute atomic E-state index is 0.156. The van der Waals surface area contributed by atoms with Gasteiger partial charge < -0.3 is 14.2 Å². The summed E-state index contributed by atoms with van der Waals surface area (Å²) in [6, 6.07) is 16.0. The second-order valence-electron chi connectivity index (χ2n) is 6.97. The lowest BCUT2D eigenvalue weighted by atomic mass is 10.0. The molecule has 0 radical (unpaired) electrons. The molecule has 2 aliphatic rings. The smallest absolute Gasteiger partial charge is 0.410 e. The number of benzene rings is 2. The summed E-state index contributed by atoms with van der Waals surface area (Å²) >= 11 is 6.09. The van der Waals surface area contributed by atoms with E-state index in [1.807, 2.05) is 53.4 Å². The largest absolute Gasteiger partial charge is 0.445 e. The van der Waals surface area contributed by atoms with E-state index in [0.717, 1.165) is 35.3 Å². The Morgan fingerprint density at radius 2 is 2.04 bits per heavy atom. The van der Waals surface area contributed by atoms with Crippen LogP contribution >= 0.6 is 11.6 Å². The monoisotopic (exact) mass is 367 g/mol. The third-order valence-corrected chi connectivity index (χ3v) is 5.58. The summed E-state index contributed by atoms with van der Waals surface area (Å²) in [5.74, 6) is 1.03. The molecule has 3 heterocycles. The summed E-state index contributed by atoms with van der Waals surface area (Å²) < 4.78 is 7.81. The summed E-state index contributed by atoms with van der Waals surface area (Å²) in [6.45, 7) is 0.971. The molecular weight excluding hydrogens is 350 g/mol. The van der Waals surface area contributed by atoms with E-state index in [1.165, 1.54) is 0 Å². The van der Waals surface area contributed by atoms with E-state index in [-0.39, 0.29) is 18.2 Å². The van der Waals surface area contributed by atoms with Gasteiger partial charge in [-0.1, -0.05) is 41.9 Å². The number of rotatable bonds is 2. The number of ether oxygens (including phenoxy) is 1. The van der Waals surface area contributed by atoms with Crippen molar-refractivity contribution in [2.24, 2.45) is 0 Å². The first-order valence-corrected chi connectivity index (χ1v) is 9.20. The number of halogens is 1. The highest BCUT2D eigenvalue weighted by Crippen LogP contribution is 2.38. The lowest BCUT2D eigenvalue weighted by molar-refractivity contribution is 0.0922. The second kappa shape index (κ2) is 6.02. The molecule has 2 aliphatic heterocycles. The number of hydrogen-bond acceptors (Lipinski definition) is 3. The zero-order valence-corrected chi connectivity index (χ0v) is 14.9. The Balaban J connectivity index is 1.35. The van der Waals surface area contributed by atoms with Gasteiger partial charge >= 0.3 is 6.09 Å². The Hall–Kier alpha value is -2.53. The Morgan fingerprint density at radius 1 is 1.19 bits per heavy atom. The van der Waals surface area contributed by atoms with Crippen molar-refractivity contribution in [3.05, 3.63) is 64.9 Å². The average molecular weight is 368 g/mol. The van der Waals surface area contributed by atoms with Crippen molar-refractivity contribution in [2.75, 3.05) is 6.54 Å². The molecule has 2 bridgehead atoms. The molecule has 0 saturated carbocycles. The van der Waals surface area contributed by atoms with E-state index >= 15 is 0 Å². The van der Waals surface area contributed by atoms with Gasteiger partial charge in [-0.3, -0.25) is 0 Å². The predicted molar refractivity (Wildman–Crippen MR) is 99.2 cm³/mol. The van der Waals surface area contributed by atoms with Gasteiger partial charge in [0.15, 0.2) is 0 Å². The Morgan fingerprint density at radius 3 is 2.88 bits per heavy atom. The van der Waals surface area contributed by atoms with Crippen molar-refractivity contribution >= 4 is 28.7 Å².